The highest BCUT2D eigenvalue weighted by atomic mass is 16.6. The van der Waals surface area contributed by atoms with Crippen molar-refractivity contribution in [1.29, 1.82) is 0 Å². The van der Waals surface area contributed by atoms with Crippen LogP contribution in [0, 0.1) is 17.8 Å². The summed E-state index contributed by atoms with van der Waals surface area (Å²) in [6, 6.07) is -1.51. The van der Waals surface area contributed by atoms with E-state index in [-0.39, 0.29) is 24.3 Å². The van der Waals surface area contributed by atoms with Gasteiger partial charge in [-0.05, 0) is 38.0 Å². The highest BCUT2D eigenvalue weighted by molar-refractivity contribution is 5.99. The van der Waals surface area contributed by atoms with Gasteiger partial charge in [0, 0.05) is 13.1 Å². The van der Waals surface area contributed by atoms with Gasteiger partial charge < -0.3 is 24.4 Å². The van der Waals surface area contributed by atoms with Crippen LogP contribution < -0.4 is 0 Å². The molecule has 0 saturated carbocycles. The number of allylic oxidation sites excluding steroid dienone is 1. The third kappa shape index (κ3) is 4.72. The van der Waals surface area contributed by atoms with E-state index in [1.54, 1.807) is 4.90 Å². The Bertz CT molecular complexity index is 949. The molecule has 38 heavy (non-hydrogen) atoms. The number of carbonyl (C=O) groups excluding carboxylic acids is 3. The quantitative estimate of drug-likeness (QED) is 0.278. The summed E-state index contributed by atoms with van der Waals surface area (Å²) in [4.78, 5) is 46.0. The van der Waals surface area contributed by atoms with Crippen LogP contribution in [0.1, 0.15) is 79.1 Å². The van der Waals surface area contributed by atoms with Crippen LogP contribution in [-0.2, 0) is 23.9 Å². The first kappa shape index (κ1) is 28.8. The second-order valence-corrected chi connectivity index (χ2v) is 11.5. The molecule has 0 aromatic heterocycles. The zero-order chi connectivity index (χ0) is 27.5. The Morgan fingerprint density at radius 1 is 1.05 bits per heavy atom. The molecular formula is C30H46N2O6. The standard InChI is InChI=1S/C30H46N2O6/c1-5-8-12-17-31-18-14-16-30-23(26(34)32(25(30)27(31)35)22(20-33)21(4)6-2)24-28(36)37-19-13-10-9-11-15-29(24,7-3)38-30/h11,14-16,21-25,33H,5-10,12-13,17-20H2,1-4H3/b15-11-/t21-,22-,23-,24-,25?,29+,30-/m0/s1. The van der Waals surface area contributed by atoms with Gasteiger partial charge in [-0.2, -0.15) is 0 Å². The summed E-state index contributed by atoms with van der Waals surface area (Å²) in [6.07, 6.45) is 14.4. The first-order valence-electron chi connectivity index (χ1n) is 14.8. The predicted molar refractivity (Wildman–Crippen MR) is 144 cm³/mol. The van der Waals surface area contributed by atoms with Crippen LogP contribution in [0.15, 0.2) is 24.3 Å². The van der Waals surface area contributed by atoms with Crippen molar-refractivity contribution in [2.24, 2.45) is 17.8 Å². The minimum atomic E-state index is -1.31. The van der Waals surface area contributed by atoms with Gasteiger partial charge in [0.15, 0.2) is 0 Å². The average molecular weight is 531 g/mol. The Morgan fingerprint density at radius 3 is 2.53 bits per heavy atom. The van der Waals surface area contributed by atoms with E-state index in [9.17, 15) is 19.5 Å². The maximum absolute atomic E-state index is 14.5. The Hall–Kier alpha value is -2.19. The molecule has 4 rings (SSSR count). The molecule has 1 spiro atoms. The molecule has 8 nitrogen and oxygen atoms in total. The molecule has 212 valence electrons. The highest BCUT2D eigenvalue weighted by Gasteiger charge is 2.76. The van der Waals surface area contributed by atoms with E-state index in [4.69, 9.17) is 9.47 Å². The summed E-state index contributed by atoms with van der Waals surface area (Å²) in [6.45, 7) is 9.14. The minimum Gasteiger partial charge on any atom is -0.465 e. The van der Waals surface area contributed by atoms with Crippen LogP contribution in [-0.4, -0.2) is 82.3 Å². The number of aliphatic hydroxyl groups is 1. The van der Waals surface area contributed by atoms with Crippen LogP contribution in [0.3, 0.4) is 0 Å². The van der Waals surface area contributed by atoms with Gasteiger partial charge in [-0.1, -0.05) is 71.3 Å². The van der Waals surface area contributed by atoms with E-state index >= 15 is 0 Å². The summed E-state index contributed by atoms with van der Waals surface area (Å²) in [5.74, 6) is -2.73. The zero-order valence-corrected chi connectivity index (χ0v) is 23.6. The number of hydrogen-bond donors (Lipinski definition) is 1. The third-order valence-corrected chi connectivity index (χ3v) is 9.28. The molecule has 1 N–H and O–H groups in total. The van der Waals surface area contributed by atoms with Crippen LogP contribution in [0.25, 0.3) is 0 Å². The van der Waals surface area contributed by atoms with Crippen molar-refractivity contribution in [3.8, 4) is 0 Å². The summed E-state index contributed by atoms with van der Waals surface area (Å²) in [5.41, 5.74) is -2.36. The fraction of sp³-hybridized carbons (Fsp3) is 0.767. The van der Waals surface area contributed by atoms with Gasteiger partial charge >= 0.3 is 5.97 Å². The van der Waals surface area contributed by atoms with Gasteiger partial charge in [0.05, 0.1) is 25.2 Å². The van der Waals surface area contributed by atoms with Gasteiger partial charge in [-0.15, -0.1) is 0 Å². The highest BCUT2D eigenvalue weighted by Crippen LogP contribution is 2.58. The summed E-state index contributed by atoms with van der Waals surface area (Å²) >= 11 is 0. The number of cyclic esters (lactones) is 1. The zero-order valence-electron chi connectivity index (χ0n) is 23.6. The minimum absolute atomic E-state index is 0.0415. The van der Waals surface area contributed by atoms with Crippen molar-refractivity contribution in [2.75, 3.05) is 26.3 Å². The van der Waals surface area contributed by atoms with Gasteiger partial charge in [0.1, 0.15) is 23.2 Å². The Kier molecular flexibility index (Phi) is 9.03. The average Bonchev–Trinajstić information content (AvgIpc) is 3.28. The Labute approximate surface area is 227 Å². The Balaban J connectivity index is 1.88. The molecule has 4 aliphatic rings. The van der Waals surface area contributed by atoms with Crippen molar-refractivity contribution in [3.05, 3.63) is 24.3 Å². The topological polar surface area (TPSA) is 96.4 Å². The smallest absolute Gasteiger partial charge is 0.313 e. The summed E-state index contributed by atoms with van der Waals surface area (Å²) in [7, 11) is 0. The molecule has 7 atom stereocenters. The van der Waals surface area contributed by atoms with Gasteiger partial charge in [0.25, 0.3) is 0 Å². The fourth-order valence-corrected chi connectivity index (χ4v) is 6.95. The molecule has 4 aliphatic heterocycles. The number of likely N-dealkylation sites (tertiary alicyclic amines) is 1. The number of amides is 2. The van der Waals surface area contributed by atoms with Gasteiger partial charge in [-0.3, -0.25) is 14.4 Å². The van der Waals surface area contributed by atoms with Crippen molar-refractivity contribution < 1.29 is 29.0 Å². The largest absolute Gasteiger partial charge is 0.465 e. The SMILES string of the molecule is CCCCCN1CC=C[C@]23O[C@]4(CC)/C=C\CCCCOC(=O)[C@@H]4[C@H]2C(=O)N([C@@H](CO)[C@@H](C)CC)C3C1=O. The number of unbranched alkanes of at least 4 members (excludes halogenated alkanes) is 2. The molecule has 2 saturated heterocycles. The molecule has 0 aromatic carbocycles. The first-order chi connectivity index (χ1) is 18.3. The van der Waals surface area contributed by atoms with E-state index in [1.165, 1.54) is 0 Å². The molecule has 0 aromatic rings. The Morgan fingerprint density at radius 2 is 1.84 bits per heavy atom. The van der Waals surface area contributed by atoms with Crippen molar-refractivity contribution >= 4 is 17.8 Å². The molecule has 2 amide bonds. The normalized spacial score (nSPS) is 35.7. The first-order valence-corrected chi connectivity index (χ1v) is 14.8. The fourth-order valence-electron chi connectivity index (χ4n) is 6.95. The van der Waals surface area contributed by atoms with Crippen LogP contribution in [0.5, 0.6) is 0 Å². The summed E-state index contributed by atoms with van der Waals surface area (Å²) in [5, 5.41) is 10.5. The molecule has 0 radical (unpaired) electrons. The van der Waals surface area contributed by atoms with Crippen LogP contribution in [0.4, 0.5) is 0 Å². The van der Waals surface area contributed by atoms with Crippen molar-refractivity contribution in [2.45, 2.75) is 102 Å². The van der Waals surface area contributed by atoms with Gasteiger partial charge in [-0.25, -0.2) is 0 Å². The van der Waals surface area contributed by atoms with E-state index < -0.39 is 41.1 Å². The number of aliphatic hydroxyl groups excluding tert-OH is 1. The lowest BCUT2D eigenvalue weighted by Gasteiger charge is -2.42. The number of rotatable bonds is 9. The van der Waals surface area contributed by atoms with Gasteiger partial charge in [0.2, 0.25) is 11.8 Å². The van der Waals surface area contributed by atoms with Crippen LogP contribution in [0.2, 0.25) is 0 Å². The van der Waals surface area contributed by atoms with E-state index in [1.807, 2.05) is 43.9 Å². The predicted octanol–water partition coefficient (Wildman–Crippen LogP) is 3.63. The van der Waals surface area contributed by atoms with E-state index in [0.717, 1.165) is 44.9 Å². The number of hydrogen-bond acceptors (Lipinski definition) is 6. The molecule has 0 bridgehead atoms. The number of esters is 1. The molecule has 0 aliphatic carbocycles. The molecule has 2 fully saturated rings. The lowest BCUT2D eigenvalue weighted by atomic mass is 9.73. The summed E-state index contributed by atoms with van der Waals surface area (Å²) < 4.78 is 12.7. The van der Waals surface area contributed by atoms with E-state index in [2.05, 4.69) is 13.0 Å². The molecule has 8 heteroatoms. The van der Waals surface area contributed by atoms with E-state index in [0.29, 0.717) is 26.1 Å². The second-order valence-electron chi connectivity index (χ2n) is 11.5. The monoisotopic (exact) mass is 530 g/mol. The lowest BCUT2D eigenvalue weighted by molar-refractivity contribution is -0.164. The number of fused-ring (bicyclic) bond motifs is 2. The van der Waals surface area contributed by atoms with Crippen molar-refractivity contribution in [3.63, 3.8) is 0 Å². The van der Waals surface area contributed by atoms with Crippen LogP contribution >= 0.6 is 0 Å². The number of nitrogens with zero attached hydrogens (tertiary/aromatic N) is 2. The molecule has 1 unspecified atom stereocenters. The second kappa shape index (κ2) is 11.9. The maximum atomic E-state index is 14.5. The van der Waals surface area contributed by atoms with Crippen molar-refractivity contribution in [1.82, 2.24) is 9.80 Å². The number of ether oxygens (including phenoxy) is 2. The lowest BCUT2D eigenvalue weighted by Crippen LogP contribution is -2.60. The third-order valence-electron chi connectivity index (χ3n) is 9.28. The maximum Gasteiger partial charge on any atom is 0.313 e. The molecule has 4 heterocycles. The molecular weight excluding hydrogens is 484 g/mol. The number of carbonyl (C=O) groups is 3.